The second-order valence-electron chi connectivity index (χ2n) is 2.49. The van der Waals surface area contributed by atoms with Crippen LogP contribution in [0.5, 0.6) is 0 Å². The van der Waals surface area contributed by atoms with Crippen molar-refractivity contribution in [1.82, 2.24) is 4.90 Å². The first-order valence-corrected chi connectivity index (χ1v) is 4.49. The molecule has 12 heavy (non-hydrogen) atoms. The monoisotopic (exact) mass is 213 g/mol. The smallest absolute Gasteiger partial charge is 0.221 e. The fourth-order valence-corrected chi connectivity index (χ4v) is 1.12. The number of hydrogen-bond acceptors (Lipinski definition) is 2. The SMILES string of the molecule is CCN(CC)CCCC(=O)Cl.Cl. The number of nitrogens with zero attached hydrogens (tertiary/aromatic N) is 1. The van der Waals surface area contributed by atoms with Crippen LogP contribution in [0.15, 0.2) is 0 Å². The van der Waals surface area contributed by atoms with Crippen molar-refractivity contribution in [3.05, 3.63) is 0 Å². The van der Waals surface area contributed by atoms with E-state index in [1.165, 1.54) is 0 Å². The van der Waals surface area contributed by atoms with Gasteiger partial charge in [0.25, 0.3) is 0 Å². The van der Waals surface area contributed by atoms with E-state index < -0.39 is 0 Å². The highest BCUT2D eigenvalue weighted by Gasteiger charge is 2.00. The standard InChI is InChI=1S/C8H16ClNO.ClH/c1-3-10(4-2)7-5-6-8(9)11;/h3-7H2,1-2H3;1H. The van der Waals surface area contributed by atoms with Crippen molar-refractivity contribution in [2.45, 2.75) is 26.7 Å². The van der Waals surface area contributed by atoms with E-state index in [1.807, 2.05) is 0 Å². The molecule has 0 radical (unpaired) electrons. The molecular formula is C8H17Cl2NO. The van der Waals surface area contributed by atoms with Gasteiger partial charge in [-0.25, -0.2) is 0 Å². The summed E-state index contributed by atoms with van der Waals surface area (Å²) in [7, 11) is 0. The number of hydrogen-bond donors (Lipinski definition) is 0. The van der Waals surface area contributed by atoms with E-state index in [1.54, 1.807) is 0 Å². The van der Waals surface area contributed by atoms with Gasteiger partial charge in [0.1, 0.15) is 0 Å². The molecule has 0 aromatic carbocycles. The third-order valence-corrected chi connectivity index (χ3v) is 1.93. The van der Waals surface area contributed by atoms with Crippen molar-refractivity contribution in [2.75, 3.05) is 19.6 Å². The lowest BCUT2D eigenvalue weighted by atomic mass is 10.3. The van der Waals surface area contributed by atoms with E-state index in [2.05, 4.69) is 18.7 Å². The highest BCUT2D eigenvalue weighted by molar-refractivity contribution is 6.63. The number of carbonyl (C=O) groups is 1. The molecule has 0 saturated heterocycles. The van der Waals surface area contributed by atoms with Crippen LogP contribution in [0.2, 0.25) is 0 Å². The summed E-state index contributed by atoms with van der Waals surface area (Å²) in [6.45, 7) is 7.31. The molecule has 0 aliphatic heterocycles. The van der Waals surface area contributed by atoms with Gasteiger partial charge in [-0.2, -0.15) is 0 Å². The van der Waals surface area contributed by atoms with Crippen molar-refractivity contribution in [1.29, 1.82) is 0 Å². The maximum atomic E-state index is 10.3. The molecule has 0 heterocycles. The van der Waals surface area contributed by atoms with E-state index in [9.17, 15) is 4.79 Å². The molecular weight excluding hydrogens is 197 g/mol. The summed E-state index contributed by atoms with van der Waals surface area (Å²) in [4.78, 5) is 12.6. The fraction of sp³-hybridized carbons (Fsp3) is 0.875. The van der Waals surface area contributed by atoms with Crippen molar-refractivity contribution in [3.8, 4) is 0 Å². The molecule has 0 aliphatic rings. The molecule has 0 rings (SSSR count). The van der Waals surface area contributed by atoms with Gasteiger partial charge in [0, 0.05) is 6.42 Å². The van der Waals surface area contributed by atoms with E-state index >= 15 is 0 Å². The van der Waals surface area contributed by atoms with Crippen LogP contribution in [0.4, 0.5) is 0 Å². The molecule has 0 unspecified atom stereocenters. The Kier molecular flexibility index (Phi) is 11.4. The Balaban J connectivity index is 0. The number of halogens is 2. The Hall–Kier alpha value is 0.210. The molecule has 0 fully saturated rings. The number of rotatable bonds is 6. The molecule has 0 aliphatic carbocycles. The Morgan fingerprint density at radius 1 is 1.33 bits per heavy atom. The minimum atomic E-state index is -0.225. The van der Waals surface area contributed by atoms with Crippen LogP contribution in [-0.4, -0.2) is 29.8 Å². The second-order valence-corrected chi connectivity index (χ2v) is 2.91. The molecule has 0 amide bonds. The number of carbonyl (C=O) groups excluding carboxylic acids is 1. The van der Waals surface area contributed by atoms with Gasteiger partial charge in [0.15, 0.2) is 0 Å². The third-order valence-electron chi connectivity index (χ3n) is 1.74. The van der Waals surface area contributed by atoms with Crippen molar-refractivity contribution in [2.24, 2.45) is 0 Å². The molecule has 0 spiro atoms. The first-order chi connectivity index (χ1) is 5.20. The first kappa shape index (κ1) is 14.7. The molecule has 0 aromatic heterocycles. The molecule has 0 atom stereocenters. The van der Waals surface area contributed by atoms with Crippen LogP contribution < -0.4 is 0 Å². The van der Waals surface area contributed by atoms with Gasteiger partial charge in [-0.3, -0.25) is 4.79 Å². The summed E-state index contributed by atoms with van der Waals surface area (Å²) in [5.74, 6) is 0. The Labute approximate surface area is 85.7 Å². The summed E-state index contributed by atoms with van der Waals surface area (Å²) in [6, 6.07) is 0. The zero-order valence-corrected chi connectivity index (χ0v) is 9.25. The normalized spacial score (nSPS) is 9.67. The molecule has 0 aromatic rings. The summed E-state index contributed by atoms with van der Waals surface area (Å²) in [6.07, 6.45) is 1.38. The predicted molar refractivity (Wildman–Crippen MR) is 55.1 cm³/mol. The van der Waals surface area contributed by atoms with Crippen molar-refractivity contribution >= 4 is 29.3 Å². The lowest BCUT2D eigenvalue weighted by Gasteiger charge is -2.16. The lowest BCUT2D eigenvalue weighted by Crippen LogP contribution is -2.24. The molecule has 0 N–H and O–H groups in total. The van der Waals surface area contributed by atoms with Gasteiger partial charge in [0.05, 0.1) is 0 Å². The van der Waals surface area contributed by atoms with Crippen LogP contribution in [0.1, 0.15) is 26.7 Å². The van der Waals surface area contributed by atoms with Crippen LogP contribution in [-0.2, 0) is 4.79 Å². The third kappa shape index (κ3) is 8.31. The highest BCUT2D eigenvalue weighted by Crippen LogP contribution is 1.97. The summed E-state index contributed by atoms with van der Waals surface area (Å²) < 4.78 is 0. The van der Waals surface area contributed by atoms with Crippen molar-refractivity contribution < 1.29 is 4.79 Å². The summed E-state index contributed by atoms with van der Waals surface area (Å²) >= 11 is 5.19. The van der Waals surface area contributed by atoms with Gasteiger partial charge in [-0.05, 0) is 37.7 Å². The minimum absolute atomic E-state index is 0. The van der Waals surface area contributed by atoms with Gasteiger partial charge >= 0.3 is 0 Å². The molecule has 0 bridgehead atoms. The Morgan fingerprint density at radius 2 is 1.83 bits per heavy atom. The molecule has 2 nitrogen and oxygen atoms in total. The second kappa shape index (κ2) is 9.30. The average Bonchev–Trinajstić information content (AvgIpc) is 1.98. The summed E-state index contributed by atoms with van der Waals surface area (Å²) in [5.41, 5.74) is 0. The van der Waals surface area contributed by atoms with Crippen LogP contribution in [0, 0.1) is 0 Å². The van der Waals surface area contributed by atoms with Crippen LogP contribution >= 0.6 is 24.0 Å². The Morgan fingerprint density at radius 3 is 2.17 bits per heavy atom. The van der Waals surface area contributed by atoms with E-state index in [0.717, 1.165) is 26.1 Å². The summed E-state index contributed by atoms with van der Waals surface area (Å²) in [5, 5.41) is -0.225. The van der Waals surface area contributed by atoms with Gasteiger partial charge in [-0.15, -0.1) is 12.4 Å². The van der Waals surface area contributed by atoms with E-state index in [4.69, 9.17) is 11.6 Å². The Bertz CT molecular complexity index is 116. The largest absolute Gasteiger partial charge is 0.304 e. The topological polar surface area (TPSA) is 20.3 Å². The maximum absolute atomic E-state index is 10.3. The molecule has 74 valence electrons. The van der Waals surface area contributed by atoms with Crippen LogP contribution in [0.3, 0.4) is 0 Å². The highest BCUT2D eigenvalue weighted by atomic mass is 35.5. The lowest BCUT2D eigenvalue weighted by molar-refractivity contribution is -0.111. The average molecular weight is 214 g/mol. The minimum Gasteiger partial charge on any atom is -0.304 e. The van der Waals surface area contributed by atoms with Gasteiger partial charge in [-0.1, -0.05) is 13.8 Å². The predicted octanol–water partition coefficient (Wildman–Crippen LogP) is 2.30. The maximum Gasteiger partial charge on any atom is 0.221 e. The molecule has 4 heteroatoms. The van der Waals surface area contributed by atoms with Crippen molar-refractivity contribution in [3.63, 3.8) is 0 Å². The van der Waals surface area contributed by atoms with Gasteiger partial charge < -0.3 is 4.90 Å². The first-order valence-electron chi connectivity index (χ1n) is 4.11. The van der Waals surface area contributed by atoms with E-state index in [-0.39, 0.29) is 17.6 Å². The van der Waals surface area contributed by atoms with Crippen LogP contribution in [0.25, 0.3) is 0 Å². The van der Waals surface area contributed by atoms with E-state index in [0.29, 0.717) is 6.42 Å². The zero-order valence-electron chi connectivity index (χ0n) is 7.68. The van der Waals surface area contributed by atoms with Gasteiger partial charge in [0.2, 0.25) is 5.24 Å². The zero-order chi connectivity index (χ0) is 8.69. The quantitative estimate of drug-likeness (QED) is 0.632. The molecule has 0 saturated carbocycles. The fourth-order valence-electron chi connectivity index (χ4n) is 0.981.